The highest BCUT2D eigenvalue weighted by molar-refractivity contribution is 7.99. The van der Waals surface area contributed by atoms with Crippen LogP contribution in [-0.4, -0.2) is 31.1 Å². The van der Waals surface area contributed by atoms with Crippen LogP contribution in [0.2, 0.25) is 5.02 Å². The largest absolute Gasteiger partial charge is 0.465 e. The molecular formula is C13H18ClNO2S. The highest BCUT2D eigenvalue weighted by atomic mass is 35.5. The van der Waals surface area contributed by atoms with E-state index in [4.69, 9.17) is 11.6 Å². The molecule has 0 bridgehead atoms. The average Bonchev–Trinajstić information content (AvgIpc) is 2.39. The Morgan fingerprint density at radius 2 is 2.28 bits per heavy atom. The van der Waals surface area contributed by atoms with Gasteiger partial charge >= 0.3 is 5.97 Å². The molecule has 0 aliphatic carbocycles. The summed E-state index contributed by atoms with van der Waals surface area (Å²) < 4.78 is 4.68. The highest BCUT2D eigenvalue weighted by Crippen LogP contribution is 2.23. The van der Waals surface area contributed by atoms with Crippen LogP contribution in [0.5, 0.6) is 0 Å². The fourth-order valence-electron chi connectivity index (χ4n) is 1.45. The lowest BCUT2D eigenvalue weighted by atomic mass is 10.2. The van der Waals surface area contributed by atoms with Crippen LogP contribution in [0.15, 0.2) is 18.2 Å². The molecule has 3 nitrogen and oxygen atoms in total. The number of nitrogens with one attached hydrogen (secondary N) is 1. The number of methoxy groups -OCH3 is 1. The molecule has 0 saturated carbocycles. The molecule has 0 spiro atoms. The molecule has 0 atom stereocenters. The molecule has 1 aromatic carbocycles. The summed E-state index contributed by atoms with van der Waals surface area (Å²) in [5.74, 6) is 1.91. The fraction of sp³-hybridized carbons (Fsp3) is 0.462. The van der Waals surface area contributed by atoms with E-state index in [1.165, 1.54) is 7.11 Å². The van der Waals surface area contributed by atoms with Gasteiger partial charge in [0, 0.05) is 6.54 Å². The first-order chi connectivity index (χ1) is 8.69. The quantitative estimate of drug-likeness (QED) is 0.613. The van der Waals surface area contributed by atoms with Gasteiger partial charge in [0.2, 0.25) is 0 Å². The Hall–Kier alpha value is -0.870. The second-order valence-electron chi connectivity index (χ2n) is 3.66. The molecule has 0 radical (unpaired) electrons. The zero-order valence-electron chi connectivity index (χ0n) is 10.7. The Kier molecular flexibility index (Phi) is 6.98. The number of esters is 1. The van der Waals surface area contributed by atoms with Gasteiger partial charge in [-0.15, -0.1) is 0 Å². The number of rotatable bonds is 7. The normalized spacial score (nSPS) is 10.2. The molecule has 100 valence electrons. The van der Waals surface area contributed by atoms with Gasteiger partial charge in [0.25, 0.3) is 0 Å². The first kappa shape index (κ1) is 15.2. The number of benzene rings is 1. The van der Waals surface area contributed by atoms with Crippen LogP contribution < -0.4 is 5.32 Å². The summed E-state index contributed by atoms with van der Waals surface area (Å²) in [6.07, 6.45) is 1.07. The number of carbonyl (C=O) groups is 1. The maximum Gasteiger partial charge on any atom is 0.337 e. The van der Waals surface area contributed by atoms with Crippen molar-refractivity contribution in [3.63, 3.8) is 0 Å². The SMILES string of the molecule is CCSCCCNc1cc(C(=O)OC)ccc1Cl. The summed E-state index contributed by atoms with van der Waals surface area (Å²) in [4.78, 5) is 11.4. The predicted molar refractivity (Wildman–Crippen MR) is 78.9 cm³/mol. The number of ether oxygens (including phenoxy) is 1. The zero-order valence-corrected chi connectivity index (χ0v) is 12.2. The van der Waals surface area contributed by atoms with Gasteiger partial charge in [0.05, 0.1) is 23.4 Å². The van der Waals surface area contributed by atoms with Crippen LogP contribution in [0.4, 0.5) is 5.69 Å². The van der Waals surface area contributed by atoms with Gasteiger partial charge in [0.1, 0.15) is 0 Å². The predicted octanol–water partition coefficient (Wildman–Crippen LogP) is 3.68. The minimum absolute atomic E-state index is 0.351. The summed E-state index contributed by atoms with van der Waals surface area (Å²) in [6.45, 7) is 2.99. The molecule has 0 heterocycles. The third-order valence-electron chi connectivity index (χ3n) is 2.37. The number of anilines is 1. The van der Waals surface area contributed by atoms with E-state index in [1.54, 1.807) is 18.2 Å². The van der Waals surface area contributed by atoms with Gasteiger partial charge in [-0.1, -0.05) is 18.5 Å². The van der Waals surface area contributed by atoms with Crippen molar-refractivity contribution in [1.29, 1.82) is 0 Å². The van der Waals surface area contributed by atoms with Gasteiger partial charge in [0.15, 0.2) is 0 Å². The third kappa shape index (κ3) is 4.78. The molecule has 18 heavy (non-hydrogen) atoms. The lowest BCUT2D eigenvalue weighted by Crippen LogP contribution is -2.06. The average molecular weight is 288 g/mol. The molecule has 0 amide bonds. The second kappa shape index (κ2) is 8.27. The van der Waals surface area contributed by atoms with Gasteiger partial charge in [-0.2, -0.15) is 11.8 Å². The minimum Gasteiger partial charge on any atom is -0.465 e. The second-order valence-corrected chi connectivity index (χ2v) is 5.46. The van der Waals surface area contributed by atoms with Crippen LogP contribution in [-0.2, 0) is 4.74 Å². The molecule has 0 saturated heterocycles. The molecule has 0 aliphatic rings. The number of hydrogen-bond acceptors (Lipinski definition) is 4. The van der Waals surface area contributed by atoms with Crippen molar-refractivity contribution in [3.05, 3.63) is 28.8 Å². The van der Waals surface area contributed by atoms with E-state index in [1.807, 2.05) is 11.8 Å². The summed E-state index contributed by atoms with van der Waals surface area (Å²) in [6, 6.07) is 5.09. The Labute approximate surface area is 117 Å². The Bertz CT molecular complexity index is 399. The lowest BCUT2D eigenvalue weighted by Gasteiger charge is -2.09. The third-order valence-corrected chi connectivity index (χ3v) is 3.69. The molecule has 1 rings (SSSR count). The van der Waals surface area contributed by atoms with Gasteiger partial charge in [-0.05, 0) is 36.1 Å². The van der Waals surface area contributed by atoms with Crippen LogP contribution >= 0.6 is 23.4 Å². The van der Waals surface area contributed by atoms with Crippen LogP contribution in [0.1, 0.15) is 23.7 Å². The van der Waals surface area contributed by atoms with Crippen molar-refractivity contribution < 1.29 is 9.53 Å². The van der Waals surface area contributed by atoms with Gasteiger partial charge in [-0.3, -0.25) is 0 Å². The highest BCUT2D eigenvalue weighted by Gasteiger charge is 2.08. The van der Waals surface area contributed by atoms with E-state index in [2.05, 4.69) is 17.0 Å². The molecule has 1 N–H and O–H groups in total. The number of thioether (sulfide) groups is 1. The van der Waals surface area contributed by atoms with E-state index in [0.29, 0.717) is 10.6 Å². The molecule has 0 aromatic heterocycles. The molecule has 0 fully saturated rings. The van der Waals surface area contributed by atoms with Gasteiger partial charge in [-0.25, -0.2) is 4.79 Å². The van der Waals surface area contributed by atoms with E-state index >= 15 is 0 Å². The lowest BCUT2D eigenvalue weighted by molar-refractivity contribution is 0.0601. The van der Waals surface area contributed by atoms with Crippen molar-refractivity contribution in [2.45, 2.75) is 13.3 Å². The van der Waals surface area contributed by atoms with Crippen molar-refractivity contribution in [2.24, 2.45) is 0 Å². The number of carbonyl (C=O) groups excluding carboxylic acids is 1. The smallest absolute Gasteiger partial charge is 0.337 e. The molecular weight excluding hydrogens is 270 g/mol. The maximum absolute atomic E-state index is 11.4. The summed E-state index contributed by atoms with van der Waals surface area (Å²) in [7, 11) is 1.37. The summed E-state index contributed by atoms with van der Waals surface area (Å²) in [5, 5.41) is 3.85. The first-order valence-electron chi connectivity index (χ1n) is 5.88. The molecule has 0 aliphatic heterocycles. The summed E-state index contributed by atoms with van der Waals surface area (Å²) in [5.41, 5.74) is 1.29. The number of halogens is 1. The summed E-state index contributed by atoms with van der Waals surface area (Å²) >= 11 is 7.98. The van der Waals surface area contributed by atoms with E-state index in [-0.39, 0.29) is 5.97 Å². The topological polar surface area (TPSA) is 38.3 Å². The van der Waals surface area contributed by atoms with Crippen molar-refractivity contribution in [3.8, 4) is 0 Å². The first-order valence-corrected chi connectivity index (χ1v) is 7.41. The standard InChI is InChI=1S/C13H18ClNO2S/c1-3-18-8-4-7-15-12-9-10(13(16)17-2)5-6-11(12)14/h5-6,9,15H,3-4,7-8H2,1-2H3. The fourth-order valence-corrected chi connectivity index (χ4v) is 2.27. The van der Waals surface area contributed by atoms with Crippen molar-refractivity contribution in [1.82, 2.24) is 0 Å². The number of hydrogen-bond donors (Lipinski definition) is 1. The minimum atomic E-state index is -0.351. The van der Waals surface area contributed by atoms with E-state index in [9.17, 15) is 4.79 Å². The van der Waals surface area contributed by atoms with E-state index in [0.717, 1.165) is 30.2 Å². The van der Waals surface area contributed by atoms with Crippen LogP contribution in [0.25, 0.3) is 0 Å². The Morgan fingerprint density at radius 1 is 1.50 bits per heavy atom. The maximum atomic E-state index is 11.4. The molecule has 0 unspecified atom stereocenters. The zero-order chi connectivity index (χ0) is 13.4. The van der Waals surface area contributed by atoms with Crippen molar-refractivity contribution in [2.75, 3.05) is 30.5 Å². The van der Waals surface area contributed by atoms with Crippen LogP contribution in [0.3, 0.4) is 0 Å². The molecule has 1 aromatic rings. The Morgan fingerprint density at radius 3 is 2.94 bits per heavy atom. The van der Waals surface area contributed by atoms with E-state index < -0.39 is 0 Å². The van der Waals surface area contributed by atoms with Crippen molar-refractivity contribution >= 4 is 35.0 Å². The monoisotopic (exact) mass is 287 g/mol. The Balaban J connectivity index is 2.56. The van der Waals surface area contributed by atoms with Crippen LogP contribution in [0, 0.1) is 0 Å². The van der Waals surface area contributed by atoms with Gasteiger partial charge < -0.3 is 10.1 Å². The molecule has 5 heteroatoms.